The van der Waals surface area contributed by atoms with Crippen molar-refractivity contribution in [3.8, 4) is 17.1 Å². The topological polar surface area (TPSA) is 115 Å². The molecule has 0 spiro atoms. The summed E-state index contributed by atoms with van der Waals surface area (Å²) in [5.41, 5.74) is 2.09. The van der Waals surface area contributed by atoms with Gasteiger partial charge in [-0.15, -0.1) is 0 Å². The lowest BCUT2D eigenvalue weighted by Crippen LogP contribution is -2.35. The predicted molar refractivity (Wildman–Crippen MR) is 126 cm³/mol. The van der Waals surface area contributed by atoms with Crippen molar-refractivity contribution in [2.45, 2.75) is 13.0 Å². The standard InChI is InChI=1S/C23H24N4O6S/c1-16-24-22(25-33-16)18-6-8-19(9-7-18)27-15-21(32-23(27)28)14-26(2)34(29,30)13-12-17-4-10-20(31-3)11-5-17/h4-13,21H,14-15H2,1-3H3. The SMILES string of the molecule is COc1ccc(C=CS(=O)(=O)N(C)CC2CN(c3ccc(-c4noc(C)n4)cc3)C(=O)O2)cc1. The number of amides is 1. The van der Waals surface area contributed by atoms with Gasteiger partial charge in [-0.1, -0.05) is 17.3 Å². The lowest BCUT2D eigenvalue weighted by molar-refractivity contribution is 0.131. The normalized spacial score (nSPS) is 16.4. The average molecular weight is 485 g/mol. The molecule has 1 saturated heterocycles. The quantitative estimate of drug-likeness (QED) is 0.478. The molecule has 1 aliphatic heterocycles. The molecule has 2 heterocycles. The Morgan fingerprint density at radius 2 is 1.88 bits per heavy atom. The zero-order valence-corrected chi connectivity index (χ0v) is 19.7. The largest absolute Gasteiger partial charge is 0.497 e. The Bertz CT molecular complexity index is 1290. The lowest BCUT2D eigenvalue weighted by atomic mass is 10.2. The highest BCUT2D eigenvalue weighted by Crippen LogP contribution is 2.25. The summed E-state index contributed by atoms with van der Waals surface area (Å²) in [6, 6.07) is 14.1. The first-order valence-electron chi connectivity index (χ1n) is 10.4. The first-order valence-corrected chi connectivity index (χ1v) is 11.9. The Morgan fingerprint density at radius 3 is 2.50 bits per heavy atom. The van der Waals surface area contributed by atoms with Crippen molar-refractivity contribution in [3.63, 3.8) is 0 Å². The van der Waals surface area contributed by atoms with Crippen molar-refractivity contribution in [3.05, 3.63) is 65.4 Å². The highest BCUT2D eigenvalue weighted by molar-refractivity contribution is 7.92. The molecule has 1 aliphatic rings. The predicted octanol–water partition coefficient (Wildman–Crippen LogP) is 3.31. The second kappa shape index (κ2) is 9.65. The summed E-state index contributed by atoms with van der Waals surface area (Å²) in [7, 11) is -0.694. The maximum atomic E-state index is 12.7. The Labute approximate surface area is 197 Å². The molecule has 10 nitrogen and oxygen atoms in total. The van der Waals surface area contributed by atoms with Crippen LogP contribution in [0.3, 0.4) is 0 Å². The summed E-state index contributed by atoms with van der Waals surface area (Å²) in [4.78, 5) is 18.0. The minimum atomic E-state index is -3.71. The molecule has 3 aromatic rings. The van der Waals surface area contributed by atoms with Crippen molar-refractivity contribution in [2.24, 2.45) is 0 Å². The number of methoxy groups -OCH3 is 1. The van der Waals surface area contributed by atoms with Crippen molar-refractivity contribution in [1.29, 1.82) is 0 Å². The van der Waals surface area contributed by atoms with Crippen LogP contribution in [-0.2, 0) is 14.8 Å². The van der Waals surface area contributed by atoms with Crippen molar-refractivity contribution in [1.82, 2.24) is 14.4 Å². The van der Waals surface area contributed by atoms with Crippen molar-refractivity contribution >= 4 is 27.9 Å². The maximum absolute atomic E-state index is 12.7. The van der Waals surface area contributed by atoms with Gasteiger partial charge in [0.2, 0.25) is 21.7 Å². The van der Waals surface area contributed by atoms with Crippen LogP contribution in [0.15, 0.2) is 58.5 Å². The van der Waals surface area contributed by atoms with Gasteiger partial charge in [0.05, 0.1) is 20.2 Å². The van der Waals surface area contributed by atoms with Gasteiger partial charge in [0.15, 0.2) is 0 Å². The van der Waals surface area contributed by atoms with E-state index in [1.807, 2.05) is 0 Å². The number of hydrogen-bond acceptors (Lipinski definition) is 8. The van der Waals surface area contributed by atoms with Crippen LogP contribution in [0, 0.1) is 6.92 Å². The summed E-state index contributed by atoms with van der Waals surface area (Å²) in [6.45, 7) is 1.95. The van der Waals surface area contributed by atoms with Gasteiger partial charge in [-0.25, -0.2) is 13.2 Å². The van der Waals surface area contributed by atoms with Gasteiger partial charge in [-0.05, 0) is 48.0 Å². The van der Waals surface area contributed by atoms with Gasteiger partial charge in [-0.3, -0.25) is 4.90 Å². The van der Waals surface area contributed by atoms with E-state index in [0.717, 1.165) is 20.8 Å². The summed E-state index contributed by atoms with van der Waals surface area (Å²) < 4.78 is 42.0. The number of anilines is 1. The third kappa shape index (κ3) is 5.26. The fourth-order valence-corrected chi connectivity index (χ4v) is 4.32. The number of aromatic nitrogens is 2. The van der Waals surface area contributed by atoms with E-state index in [0.29, 0.717) is 23.2 Å². The summed E-state index contributed by atoms with van der Waals surface area (Å²) >= 11 is 0. The van der Waals surface area contributed by atoms with Crippen LogP contribution in [0.25, 0.3) is 17.5 Å². The Hall–Kier alpha value is -3.70. The number of carbonyl (C=O) groups is 1. The molecule has 1 amide bonds. The van der Waals surface area contributed by atoms with E-state index in [9.17, 15) is 13.2 Å². The molecule has 0 radical (unpaired) electrons. The number of cyclic esters (lactones) is 1. The first-order chi connectivity index (χ1) is 16.2. The molecule has 1 atom stereocenters. The molecule has 178 valence electrons. The van der Waals surface area contributed by atoms with Crippen LogP contribution in [0.5, 0.6) is 5.75 Å². The van der Waals surface area contributed by atoms with Crippen LogP contribution in [0.1, 0.15) is 11.5 Å². The molecule has 0 saturated carbocycles. The zero-order chi connectivity index (χ0) is 24.3. The minimum absolute atomic E-state index is 0.0255. The molecular formula is C23H24N4O6S. The number of rotatable bonds is 8. The molecule has 1 fully saturated rings. The second-order valence-electron chi connectivity index (χ2n) is 7.70. The molecule has 1 unspecified atom stereocenters. The van der Waals surface area contributed by atoms with E-state index in [1.54, 1.807) is 62.6 Å². The van der Waals surface area contributed by atoms with E-state index >= 15 is 0 Å². The summed E-state index contributed by atoms with van der Waals surface area (Å²) in [5.74, 6) is 1.60. The molecule has 0 bridgehead atoms. The molecule has 0 N–H and O–H groups in total. The lowest BCUT2D eigenvalue weighted by Gasteiger charge is -2.18. The van der Waals surface area contributed by atoms with Crippen LogP contribution >= 0.6 is 0 Å². The summed E-state index contributed by atoms with van der Waals surface area (Å²) in [5, 5.41) is 5.00. The molecule has 1 aromatic heterocycles. The second-order valence-corrected chi connectivity index (χ2v) is 9.63. The van der Waals surface area contributed by atoms with Crippen LogP contribution in [0.2, 0.25) is 0 Å². The van der Waals surface area contributed by atoms with E-state index in [-0.39, 0.29) is 13.1 Å². The zero-order valence-electron chi connectivity index (χ0n) is 18.9. The number of aryl methyl sites for hydroxylation is 1. The average Bonchev–Trinajstić information content (AvgIpc) is 3.43. The van der Waals surface area contributed by atoms with Crippen LogP contribution < -0.4 is 9.64 Å². The van der Waals surface area contributed by atoms with Gasteiger partial charge in [0.1, 0.15) is 11.9 Å². The fraction of sp³-hybridized carbons (Fsp3) is 0.261. The van der Waals surface area contributed by atoms with E-state index in [2.05, 4.69) is 10.1 Å². The molecule has 11 heteroatoms. The van der Waals surface area contributed by atoms with E-state index in [1.165, 1.54) is 18.0 Å². The number of sulfonamides is 1. The van der Waals surface area contributed by atoms with Crippen LogP contribution in [-0.4, -0.2) is 62.3 Å². The van der Waals surface area contributed by atoms with E-state index < -0.39 is 22.2 Å². The van der Waals surface area contributed by atoms with Crippen LogP contribution in [0.4, 0.5) is 10.5 Å². The number of carbonyl (C=O) groups excluding carboxylic acids is 1. The Kier molecular flexibility index (Phi) is 6.66. The highest BCUT2D eigenvalue weighted by atomic mass is 32.2. The third-order valence-electron chi connectivity index (χ3n) is 5.28. The smallest absolute Gasteiger partial charge is 0.414 e. The fourth-order valence-electron chi connectivity index (χ4n) is 3.41. The van der Waals surface area contributed by atoms with Gasteiger partial charge in [0.25, 0.3) is 0 Å². The van der Waals surface area contributed by atoms with E-state index in [4.69, 9.17) is 14.0 Å². The molecule has 4 rings (SSSR count). The maximum Gasteiger partial charge on any atom is 0.414 e. The van der Waals surface area contributed by atoms with Gasteiger partial charge in [0, 0.05) is 30.6 Å². The Balaban J connectivity index is 1.38. The Morgan fingerprint density at radius 1 is 1.18 bits per heavy atom. The number of hydrogen-bond donors (Lipinski definition) is 0. The number of benzene rings is 2. The molecular weight excluding hydrogens is 460 g/mol. The molecule has 2 aromatic carbocycles. The van der Waals surface area contributed by atoms with Gasteiger partial charge in [-0.2, -0.15) is 9.29 Å². The number of ether oxygens (including phenoxy) is 2. The third-order valence-corrected chi connectivity index (χ3v) is 6.78. The molecule has 34 heavy (non-hydrogen) atoms. The van der Waals surface area contributed by atoms with Gasteiger partial charge >= 0.3 is 6.09 Å². The summed E-state index contributed by atoms with van der Waals surface area (Å²) in [6.07, 6.45) is 0.360. The number of likely N-dealkylation sites (N-methyl/N-ethyl adjacent to an activating group) is 1. The monoisotopic (exact) mass is 484 g/mol. The number of nitrogens with zero attached hydrogens (tertiary/aromatic N) is 4. The first kappa shape index (κ1) is 23.5. The van der Waals surface area contributed by atoms with Crippen molar-refractivity contribution in [2.75, 3.05) is 32.1 Å². The van der Waals surface area contributed by atoms with Gasteiger partial charge < -0.3 is 14.0 Å². The van der Waals surface area contributed by atoms with Crippen molar-refractivity contribution < 1.29 is 27.2 Å². The highest BCUT2D eigenvalue weighted by Gasteiger charge is 2.34. The molecule has 0 aliphatic carbocycles. The minimum Gasteiger partial charge on any atom is -0.497 e.